The Kier molecular flexibility index (Phi) is 10.0. The van der Waals surface area contributed by atoms with Crippen LogP contribution < -0.4 is 9.47 Å². The first-order valence-corrected chi connectivity index (χ1v) is 12.0. The molecule has 182 valence electrons. The number of hydrogen-bond donors (Lipinski definition) is 0. The number of unbranched alkanes of at least 4 members (excludes halogenated alkanes) is 1. The van der Waals surface area contributed by atoms with E-state index < -0.39 is 11.9 Å². The lowest BCUT2D eigenvalue weighted by atomic mass is 10.1. The standard InChI is InChI=1S/C29H24BrNO5/c1-2-28(32)35-18-4-3-17-34-25-14-12-24(13-15-25)29(33)36-27-16-11-22(19-26(27)30)8-5-21-6-9-23(20-31)10-7-21/h2,5-16,19H,1,3-4,17-18H2. The molecule has 3 aromatic carbocycles. The fraction of sp³-hybridized carbons (Fsp3) is 0.138. The molecule has 0 saturated carbocycles. The maximum Gasteiger partial charge on any atom is 0.343 e. The fourth-order valence-electron chi connectivity index (χ4n) is 3.04. The molecule has 0 amide bonds. The molecule has 0 aliphatic carbocycles. The Labute approximate surface area is 218 Å². The van der Waals surface area contributed by atoms with E-state index in [0.717, 1.165) is 23.6 Å². The van der Waals surface area contributed by atoms with Crippen LogP contribution in [0, 0.1) is 11.3 Å². The highest BCUT2D eigenvalue weighted by molar-refractivity contribution is 9.10. The molecule has 0 aliphatic rings. The molecular weight excluding hydrogens is 522 g/mol. The second-order valence-electron chi connectivity index (χ2n) is 7.60. The zero-order chi connectivity index (χ0) is 25.8. The van der Waals surface area contributed by atoms with E-state index in [4.69, 9.17) is 19.5 Å². The molecule has 0 spiro atoms. The summed E-state index contributed by atoms with van der Waals surface area (Å²) in [5, 5.41) is 8.89. The minimum absolute atomic E-state index is 0.322. The maximum absolute atomic E-state index is 12.6. The van der Waals surface area contributed by atoms with E-state index in [1.165, 1.54) is 0 Å². The molecule has 0 fully saturated rings. The summed E-state index contributed by atoms with van der Waals surface area (Å²) in [5.74, 6) is 0.132. The summed E-state index contributed by atoms with van der Waals surface area (Å²) < 4.78 is 16.7. The van der Waals surface area contributed by atoms with Gasteiger partial charge in [0.15, 0.2) is 0 Å². The third-order valence-electron chi connectivity index (χ3n) is 4.98. The van der Waals surface area contributed by atoms with Crippen LogP contribution in [0.1, 0.15) is 39.9 Å². The number of nitriles is 1. The van der Waals surface area contributed by atoms with Crippen LogP contribution in [-0.2, 0) is 9.53 Å². The van der Waals surface area contributed by atoms with E-state index in [1.807, 2.05) is 36.4 Å². The molecule has 0 aromatic heterocycles. The first-order chi connectivity index (χ1) is 17.5. The molecule has 3 rings (SSSR count). The summed E-state index contributed by atoms with van der Waals surface area (Å²) in [5.41, 5.74) is 2.91. The molecule has 0 unspecified atom stereocenters. The highest BCUT2D eigenvalue weighted by Crippen LogP contribution is 2.28. The van der Waals surface area contributed by atoms with Crippen molar-refractivity contribution in [1.82, 2.24) is 0 Å². The minimum Gasteiger partial charge on any atom is -0.494 e. The summed E-state index contributed by atoms with van der Waals surface area (Å²) in [6.45, 7) is 4.13. The first kappa shape index (κ1) is 26.5. The van der Waals surface area contributed by atoms with Gasteiger partial charge in [0.05, 0.1) is 34.9 Å². The molecule has 0 aliphatic heterocycles. The fourth-order valence-corrected chi connectivity index (χ4v) is 3.51. The Morgan fingerprint density at radius 2 is 1.58 bits per heavy atom. The van der Waals surface area contributed by atoms with Crippen molar-refractivity contribution in [3.63, 3.8) is 0 Å². The van der Waals surface area contributed by atoms with Crippen molar-refractivity contribution in [1.29, 1.82) is 5.26 Å². The molecule has 0 saturated heterocycles. The van der Waals surface area contributed by atoms with Crippen molar-refractivity contribution in [2.75, 3.05) is 13.2 Å². The lowest BCUT2D eigenvalue weighted by Crippen LogP contribution is -2.09. The number of benzene rings is 3. The van der Waals surface area contributed by atoms with Crippen molar-refractivity contribution in [3.8, 4) is 17.6 Å². The van der Waals surface area contributed by atoms with Gasteiger partial charge in [0.25, 0.3) is 0 Å². The molecule has 36 heavy (non-hydrogen) atoms. The largest absolute Gasteiger partial charge is 0.494 e. The number of nitrogens with zero attached hydrogens (tertiary/aromatic N) is 1. The average molecular weight is 546 g/mol. The summed E-state index contributed by atoms with van der Waals surface area (Å²) in [4.78, 5) is 23.5. The normalized spacial score (nSPS) is 10.4. The second kappa shape index (κ2) is 13.7. The van der Waals surface area contributed by atoms with E-state index in [9.17, 15) is 9.59 Å². The molecule has 7 heteroatoms. The SMILES string of the molecule is C=CC(=O)OCCCCOc1ccc(C(=O)Oc2ccc(C=Cc3ccc(C#N)cc3)cc2Br)cc1. The van der Waals surface area contributed by atoms with Crippen LogP contribution in [0.25, 0.3) is 12.2 Å². The van der Waals surface area contributed by atoms with Crippen LogP contribution in [0.3, 0.4) is 0 Å². The second-order valence-corrected chi connectivity index (χ2v) is 8.45. The number of halogens is 1. The highest BCUT2D eigenvalue weighted by Gasteiger charge is 2.11. The Morgan fingerprint density at radius 3 is 2.25 bits per heavy atom. The van der Waals surface area contributed by atoms with Gasteiger partial charge >= 0.3 is 11.9 Å². The Hall–Kier alpha value is -4.15. The van der Waals surface area contributed by atoms with E-state index in [0.29, 0.717) is 46.7 Å². The van der Waals surface area contributed by atoms with Crippen molar-refractivity contribution < 1.29 is 23.8 Å². The Morgan fingerprint density at radius 1 is 0.917 bits per heavy atom. The predicted molar refractivity (Wildman–Crippen MR) is 142 cm³/mol. The van der Waals surface area contributed by atoms with E-state index in [1.54, 1.807) is 42.5 Å². The molecule has 0 heterocycles. The summed E-state index contributed by atoms with van der Waals surface area (Å²) >= 11 is 3.46. The van der Waals surface area contributed by atoms with E-state index >= 15 is 0 Å². The van der Waals surface area contributed by atoms with E-state index in [2.05, 4.69) is 28.6 Å². The van der Waals surface area contributed by atoms with Crippen LogP contribution in [0.4, 0.5) is 0 Å². The van der Waals surface area contributed by atoms with Crippen molar-refractivity contribution in [2.24, 2.45) is 0 Å². The van der Waals surface area contributed by atoms with Crippen molar-refractivity contribution in [3.05, 3.63) is 106 Å². The molecule has 0 N–H and O–H groups in total. The molecule has 6 nitrogen and oxygen atoms in total. The van der Waals surface area contributed by atoms with E-state index in [-0.39, 0.29) is 0 Å². The summed E-state index contributed by atoms with van der Waals surface area (Å²) in [6, 6.07) is 21.5. The number of hydrogen-bond acceptors (Lipinski definition) is 6. The number of carbonyl (C=O) groups is 2. The number of esters is 2. The van der Waals surface area contributed by atoms with Crippen LogP contribution in [0.5, 0.6) is 11.5 Å². The first-order valence-electron chi connectivity index (χ1n) is 11.2. The molecule has 0 atom stereocenters. The molecular formula is C29H24BrNO5. The van der Waals surface area contributed by atoms with Gasteiger partial charge in [-0.1, -0.05) is 36.9 Å². The highest BCUT2D eigenvalue weighted by atomic mass is 79.9. The zero-order valence-electron chi connectivity index (χ0n) is 19.5. The predicted octanol–water partition coefficient (Wildman–Crippen LogP) is 6.60. The van der Waals surface area contributed by atoms with Gasteiger partial charge in [-0.15, -0.1) is 0 Å². The van der Waals surface area contributed by atoms with Gasteiger partial charge in [-0.25, -0.2) is 9.59 Å². The maximum atomic E-state index is 12.6. The van der Waals surface area contributed by atoms with Crippen LogP contribution in [0.15, 0.2) is 83.9 Å². The van der Waals surface area contributed by atoms with Gasteiger partial charge in [0.2, 0.25) is 0 Å². The lowest BCUT2D eigenvalue weighted by Gasteiger charge is -2.09. The average Bonchev–Trinajstić information content (AvgIpc) is 2.91. The Balaban J connectivity index is 1.49. The van der Waals surface area contributed by atoms with Crippen LogP contribution in [-0.4, -0.2) is 25.2 Å². The number of rotatable bonds is 11. The zero-order valence-corrected chi connectivity index (χ0v) is 21.1. The van der Waals surface area contributed by atoms with Crippen LogP contribution in [0.2, 0.25) is 0 Å². The molecule has 0 radical (unpaired) electrons. The quantitative estimate of drug-likeness (QED) is 0.0886. The van der Waals surface area contributed by atoms with Crippen LogP contribution >= 0.6 is 15.9 Å². The molecule has 0 bridgehead atoms. The van der Waals surface area contributed by atoms with Gasteiger partial charge in [-0.3, -0.25) is 0 Å². The van der Waals surface area contributed by atoms with Gasteiger partial charge in [-0.05, 0) is 88.4 Å². The van der Waals surface area contributed by atoms with Gasteiger partial charge < -0.3 is 14.2 Å². The van der Waals surface area contributed by atoms with Gasteiger partial charge in [0, 0.05) is 6.08 Å². The summed E-state index contributed by atoms with van der Waals surface area (Å²) in [6.07, 6.45) is 6.42. The summed E-state index contributed by atoms with van der Waals surface area (Å²) in [7, 11) is 0. The molecule has 3 aromatic rings. The number of ether oxygens (including phenoxy) is 3. The topological polar surface area (TPSA) is 85.6 Å². The van der Waals surface area contributed by atoms with Crippen molar-refractivity contribution >= 4 is 40.0 Å². The smallest absolute Gasteiger partial charge is 0.343 e. The number of carbonyl (C=O) groups excluding carboxylic acids is 2. The monoisotopic (exact) mass is 545 g/mol. The lowest BCUT2D eigenvalue weighted by molar-refractivity contribution is -0.137. The third-order valence-corrected chi connectivity index (χ3v) is 5.59. The Bertz CT molecular complexity index is 1270. The minimum atomic E-state index is -0.479. The van der Waals surface area contributed by atoms with Crippen molar-refractivity contribution in [2.45, 2.75) is 12.8 Å². The third kappa shape index (κ3) is 8.26. The van der Waals surface area contributed by atoms with Gasteiger partial charge in [0.1, 0.15) is 11.5 Å². The van der Waals surface area contributed by atoms with Gasteiger partial charge in [-0.2, -0.15) is 5.26 Å².